The number of hydrogen-bond donors (Lipinski definition) is 0. The van der Waals surface area contributed by atoms with E-state index in [0.29, 0.717) is 0 Å². The van der Waals surface area contributed by atoms with Crippen LogP contribution in [0, 0.1) is 0 Å². The van der Waals surface area contributed by atoms with E-state index in [1.54, 1.807) is 0 Å². The topological polar surface area (TPSA) is 25.8 Å². The lowest BCUT2D eigenvalue weighted by molar-refractivity contribution is 0.641. The van der Waals surface area contributed by atoms with Crippen LogP contribution in [0.2, 0.25) is 0 Å². The molecule has 1 aliphatic heterocycles. The van der Waals surface area contributed by atoms with Gasteiger partial charge in [-0.3, -0.25) is 0 Å². The van der Waals surface area contributed by atoms with E-state index in [1.165, 1.54) is 16.5 Å². The lowest BCUT2D eigenvalue weighted by atomic mass is 9.77. The molecule has 6 aromatic rings. The monoisotopic (exact) mass is 422 g/mol. The van der Waals surface area contributed by atoms with E-state index >= 15 is 0 Å². The van der Waals surface area contributed by atoms with E-state index in [4.69, 9.17) is 9.97 Å². The van der Waals surface area contributed by atoms with E-state index in [2.05, 4.69) is 111 Å². The van der Waals surface area contributed by atoms with Crippen LogP contribution in [-0.2, 0) is 5.41 Å². The largest absolute Gasteiger partial charge is 0.247 e. The summed E-state index contributed by atoms with van der Waals surface area (Å²) in [6, 6.07) is 35.0. The van der Waals surface area contributed by atoms with Gasteiger partial charge in [0, 0.05) is 32.7 Å². The predicted molar refractivity (Wildman–Crippen MR) is 138 cm³/mol. The maximum absolute atomic E-state index is 5.21. The van der Waals surface area contributed by atoms with Gasteiger partial charge in [0.15, 0.2) is 0 Å². The average Bonchev–Trinajstić information content (AvgIpc) is 2.87. The van der Waals surface area contributed by atoms with E-state index in [9.17, 15) is 0 Å². The SMILES string of the molecule is CC1(C)c2cccc(c2)-c2ccc3ccc4ccc5ccc(nc5c4c3n2)-c2cccc1c2. The molecule has 2 aromatic heterocycles. The maximum Gasteiger partial charge on any atom is 0.0809 e. The molecule has 8 bridgehead atoms. The van der Waals surface area contributed by atoms with E-state index < -0.39 is 0 Å². The zero-order chi connectivity index (χ0) is 22.2. The number of hydrogen-bond acceptors (Lipinski definition) is 2. The highest BCUT2D eigenvalue weighted by molar-refractivity contribution is 6.18. The molecule has 0 atom stereocenters. The van der Waals surface area contributed by atoms with Crippen LogP contribution in [0.25, 0.3) is 55.1 Å². The van der Waals surface area contributed by atoms with Crippen LogP contribution in [-0.4, -0.2) is 9.97 Å². The van der Waals surface area contributed by atoms with Gasteiger partial charge in [0.1, 0.15) is 0 Å². The first-order chi connectivity index (χ1) is 16.1. The Balaban J connectivity index is 1.71. The van der Waals surface area contributed by atoms with Crippen molar-refractivity contribution in [1.82, 2.24) is 9.97 Å². The highest BCUT2D eigenvalue weighted by atomic mass is 14.7. The summed E-state index contributed by atoms with van der Waals surface area (Å²) in [4.78, 5) is 10.4. The first-order valence-corrected chi connectivity index (χ1v) is 11.4. The molecule has 0 saturated carbocycles. The number of fused-ring (bicyclic) bond motifs is 8. The fourth-order valence-corrected chi connectivity index (χ4v) is 5.20. The molecule has 7 rings (SSSR count). The summed E-state index contributed by atoms with van der Waals surface area (Å²) < 4.78 is 0. The normalized spacial score (nSPS) is 14.0. The third-order valence-electron chi connectivity index (χ3n) is 7.26. The zero-order valence-corrected chi connectivity index (χ0v) is 18.6. The van der Waals surface area contributed by atoms with Crippen molar-refractivity contribution in [1.29, 1.82) is 0 Å². The van der Waals surface area contributed by atoms with Gasteiger partial charge < -0.3 is 0 Å². The third-order valence-corrected chi connectivity index (χ3v) is 7.26. The van der Waals surface area contributed by atoms with Gasteiger partial charge in [-0.1, -0.05) is 86.6 Å². The lowest BCUT2D eigenvalue weighted by Crippen LogP contribution is -2.19. The van der Waals surface area contributed by atoms with Crippen molar-refractivity contribution in [2.45, 2.75) is 19.3 Å². The smallest absolute Gasteiger partial charge is 0.0809 e. The highest BCUT2D eigenvalue weighted by Gasteiger charge is 2.24. The quantitative estimate of drug-likeness (QED) is 0.232. The first-order valence-electron chi connectivity index (χ1n) is 11.4. The van der Waals surface area contributed by atoms with Crippen molar-refractivity contribution >= 4 is 32.6 Å². The van der Waals surface area contributed by atoms with E-state index in [-0.39, 0.29) is 5.41 Å². The predicted octanol–water partition coefficient (Wildman–Crippen LogP) is 7.91. The van der Waals surface area contributed by atoms with Gasteiger partial charge in [-0.05, 0) is 40.8 Å². The number of rotatable bonds is 0. The summed E-state index contributed by atoms with van der Waals surface area (Å²) in [6.45, 7) is 4.58. The maximum atomic E-state index is 5.21. The second-order valence-corrected chi connectivity index (χ2v) is 9.55. The van der Waals surface area contributed by atoms with Crippen LogP contribution >= 0.6 is 0 Å². The van der Waals surface area contributed by atoms with Gasteiger partial charge in [-0.15, -0.1) is 0 Å². The van der Waals surface area contributed by atoms with E-state index in [1.807, 2.05) is 0 Å². The molecule has 0 fully saturated rings. The van der Waals surface area contributed by atoms with Crippen molar-refractivity contribution in [2.75, 3.05) is 0 Å². The molecule has 33 heavy (non-hydrogen) atoms. The average molecular weight is 423 g/mol. The summed E-state index contributed by atoms with van der Waals surface area (Å²) in [7, 11) is 0. The molecule has 0 saturated heterocycles. The second kappa shape index (κ2) is 6.49. The minimum Gasteiger partial charge on any atom is -0.247 e. The Labute approximate surface area is 192 Å². The minimum atomic E-state index is -0.151. The van der Waals surface area contributed by atoms with Crippen molar-refractivity contribution in [3.05, 3.63) is 108 Å². The summed E-state index contributed by atoms with van der Waals surface area (Å²) in [5.74, 6) is 0. The van der Waals surface area contributed by atoms with Gasteiger partial charge in [-0.2, -0.15) is 0 Å². The van der Waals surface area contributed by atoms with Crippen molar-refractivity contribution in [3.63, 3.8) is 0 Å². The Morgan fingerprint density at radius 2 is 0.970 bits per heavy atom. The Bertz CT molecular complexity index is 1620. The van der Waals surface area contributed by atoms with Crippen LogP contribution in [0.15, 0.2) is 97.1 Å². The van der Waals surface area contributed by atoms with Crippen molar-refractivity contribution < 1.29 is 0 Å². The fraction of sp³-hybridized carbons (Fsp3) is 0.0968. The molecule has 0 unspecified atom stereocenters. The number of aromatic nitrogens is 2. The molecule has 0 N–H and O–H groups in total. The molecule has 3 heterocycles. The Morgan fingerprint density at radius 1 is 0.515 bits per heavy atom. The summed E-state index contributed by atoms with van der Waals surface area (Å²) >= 11 is 0. The second-order valence-electron chi connectivity index (χ2n) is 9.55. The summed E-state index contributed by atoms with van der Waals surface area (Å²) in [5, 5.41) is 4.56. The molecule has 2 heteroatoms. The standard InChI is InChI=1S/C31H22N2/c1-31(2)24-7-3-5-22(17-24)26-15-13-20-11-9-19-10-12-21-14-16-27(23-6-4-8-25(31)18-23)33-30(21)28(19)29(20)32-26/h3-18H,1-2H3. The molecule has 2 nitrogen and oxygen atoms in total. The molecular formula is C31H22N2. The molecule has 0 amide bonds. The summed E-state index contributed by atoms with van der Waals surface area (Å²) in [6.07, 6.45) is 0. The highest BCUT2D eigenvalue weighted by Crippen LogP contribution is 2.38. The molecule has 0 aliphatic carbocycles. The Hall–Kier alpha value is -4.04. The van der Waals surface area contributed by atoms with Crippen LogP contribution < -0.4 is 0 Å². The number of benzene rings is 4. The van der Waals surface area contributed by atoms with Gasteiger partial charge >= 0.3 is 0 Å². The molecule has 4 aromatic carbocycles. The van der Waals surface area contributed by atoms with Crippen molar-refractivity contribution in [2.24, 2.45) is 0 Å². The van der Waals surface area contributed by atoms with Crippen LogP contribution in [0.5, 0.6) is 0 Å². The van der Waals surface area contributed by atoms with Crippen LogP contribution in [0.4, 0.5) is 0 Å². The third kappa shape index (κ3) is 2.67. The van der Waals surface area contributed by atoms with Crippen molar-refractivity contribution in [3.8, 4) is 22.5 Å². The molecule has 0 radical (unpaired) electrons. The van der Waals surface area contributed by atoms with Crippen LogP contribution in [0.3, 0.4) is 0 Å². The van der Waals surface area contributed by atoms with E-state index in [0.717, 1.165) is 49.7 Å². The fourth-order valence-electron chi connectivity index (χ4n) is 5.20. The lowest BCUT2D eigenvalue weighted by Gasteiger charge is -2.27. The zero-order valence-electron chi connectivity index (χ0n) is 18.6. The van der Waals surface area contributed by atoms with Gasteiger partial charge in [0.05, 0.1) is 22.4 Å². The van der Waals surface area contributed by atoms with Gasteiger partial charge in [0.2, 0.25) is 0 Å². The molecule has 1 aliphatic rings. The number of nitrogens with zero attached hydrogens (tertiary/aromatic N) is 2. The first kappa shape index (κ1) is 18.5. The molecular weight excluding hydrogens is 400 g/mol. The number of pyridine rings is 2. The molecule has 156 valence electrons. The Kier molecular flexibility index (Phi) is 3.64. The Morgan fingerprint density at radius 3 is 1.48 bits per heavy atom. The van der Waals surface area contributed by atoms with Gasteiger partial charge in [-0.25, -0.2) is 9.97 Å². The summed E-state index contributed by atoms with van der Waals surface area (Å²) in [5.41, 5.74) is 8.69. The molecule has 0 spiro atoms. The minimum absolute atomic E-state index is 0.151. The van der Waals surface area contributed by atoms with Gasteiger partial charge in [0.25, 0.3) is 0 Å². The van der Waals surface area contributed by atoms with Crippen LogP contribution in [0.1, 0.15) is 25.0 Å².